The zero-order chi connectivity index (χ0) is 14.2. The van der Waals surface area contributed by atoms with Gasteiger partial charge in [-0.05, 0) is 37.1 Å². The summed E-state index contributed by atoms with van der Waals surface area (Å²) in [5.74, 6) is 0.366. The lowest BCUT2D eigenvalue weighted by atomic mass is 10.2. The van der Waals surface area contributed by atoms with Crippen molar-refractivity contribution >= 4 is 27.5 Å². The molecule has 106 valence electrons. The van der Waals surface area contributed by atoms with Crippen LogP contribution >= 0.6 is 11.3 Å². The van der Waals surface area contributed by atoms with Crippen LogP contribution in [0.1, 0.15) is 34.4 Å². The summed E-state index contributed by atoms with van der Waals surface area (Å²) in [5.41, 5.74) is 1.01. The predicted octanol–water partition coefficient (Wildman–Crippen LogP) is 3.87. The number of carbonyl (C=O) groups is 1. The first kappa shape index (κ1) is 12.6. The third-order valence-electron chi connectivity index (χ3n) is 3.84. The lowest BCUT2D eigenvalue weighted by Crippen LogP contribution is -2.30. The summed E-state index contributed by atoms with van der Waals surface area (Å²) < 4.78 is 6.41. The molecular weight excluding hydrogens is 284 g/mol. The van der Waals surface area contributed by atoms with Gasteiger partial charge in [0.2, 0.25) is 0 Å². The normalized spacial score (nSPS) is 18.5. The molecule has 1 aliphatic rings. The van der Waals surface area contributed by atoms with Crippen LogP contribution in [-0.2, 0) is 0 Å². The van der Waals surface area contributed by atoms with Crippen molar-refractivity contribution in [3.8, 4) is 0 Å². The summed E-state index contributed by atoms with van der Waals surface area (Å²) in [5, 5.41) is 1.02. The fourth-order valence-corrected chi connectivity index (χ4v) is 3.96. The van der Waals surface area contributed by atoms with E-state index in [1.807, 2.05) is 23.1 Å². The highest BCUT2D eigenvalue weighted by atomic mass is 32.1. The van der Waals surface area contributed by atoms with Crippen molar-refractivity contribution < 1.29 is 9.21 Å². The summed E-state index contributed by atoms with van der Waals surface area (Å²) in [6, 6.07) is 11.6. The van der Waals surface area contributed by atoms with Crippen molar-refractivity contribution in [3.05, 3.63) is 53.4 Å². The first-order chi connectivity index (χ1) is 10.3. The quantitative estimate of drug-likeness (QED) is 0.721. The first-order valence-corrected chi connectivity index (χ1v) is 7.84. The molecule has 1 amide bonds. The molecule has 1 aromatic carbocycles. The Morgan fingerprint density at radius 2 is 2.19 bits per heavy atom. The Kier molecular flexibility index (Phi) is 3.00. The maximum Gasteiger partial charge on any atom is 0.290 e. The number of hydrogen-bond acceptors (Lipinski definition) is 4. The van der Waals surface area contributed by atoms with Gasteiger partial charge in [0.1, 0.15) is 5.01 Å². The Morgan fingerprint density at radius 1 is 1.29 bits per heavy atom. The molecule has 1 unspecified atom stereocenters. The first-order valence-electron chi connectivity index (χ1n) is 7.03. The number of rotatable bonds is 2. The Morgan fingerprint density at radius 3 is 3.00 bits per heavy atom. The summed E-state index contributed by atoms with van der Waals surface area (Å²) in [6.45, 7) is 0.764. The fourth-order valence-electron chi connectivity index (χ4n) is 2.84. The van der Waals surface area contributed by atoms with Crippen LogP contribution in [0.15, 0.2) is 47.1 Å². The van der Waals surface area contributed by atoms with E-state index in [2.05, 4.69) is 6.07 Å². The Labute approximate surface area is 126 Å². The van der Waals surface area contributed by atoms with Crippen LogP contribution < -0.4 is 0 Å². The van der Waals surface area contributed by atoms with Gasteiger partial charge < -0.3 is 9.32 Å². The summed E-state index contributed by atoms with van der Waals surface area (Å²) >= 11 is 1.68. The minimum absolute atomic E-state index is 0.0400. The Bertz CT molecular complexity index is 746. The number of likely N-dealkylation sites (tertiary alicyclic amines) is 1. The van der Waals surface area contributed by atoms with Gasteiger partial charge in [0, 0.05) is 6.54 Å². The molecule has 1 atom stereocenters. The zero-order valence-corrected chi connectivity index (χ0v) is 12.2. The van der Waals surface area contributed by atoms with Gasteiger partial charge in [-0.2, -0.15) is 0 Å². The molecule has 0 aliphatic carbocycles. The lowest BCUT2D eigenvalue weighted by Gasteiger charge is -2.21. The van der Waals surface area contributed by atoms with Crippen molar-refractivity contribution in [3.63, 3.8) is 0 Å². The van der Waals surface area contributed by atoms with Crippen LogP contribution in [0.25, 0.3) is 10.2 Å². The number of para-hydroxylation sites is 1. The Hall–Kier alpha value is -2.14. The maximum absolute atomic E-state index is 12.5. The molecule has 5 heteroatoms. The van der Waals surface area contributed by atoms with Gasteiger partial charge in [0.05, 0.1) is 22.5 Å². The van der Waals surface area contributed by atoms with E-state index in [0.29, 0.717) is 5.76 Å². The highest BCUT2D eigenvalue weighted by Gasteiger charge is 2.33. The van der Waals surface area contributed by atoms with Crippen LogP contribution in [-0.4, -0.2) is 22.3 Å². The highest BCUT2D eigenvalue weighted by Crippen LogP contribution is 2.37. The van der Waals surface area contributed by atoms with E-state index in [1.54, 1.807) is 23.5 Å². The van der Waals surface area contributed by atoms with E-state index in [0.717, 1.165) is 29.9 Å². The second-order valence-electron chi connectivity index (χ2n) is 5.15. The van der Waals surface area contributed by atoms with Crippen molar-refractivity contribution in [2.24, 2.45) is 0 Å². The van der Waals surface area contributed by atoms with Gasteiger partial charge in [0.15, 0.2) is 5.76 Å². The number of fused-ring (bicyclic) bond motifs is 1. The maximum atomic E-state index is 12.5. The predicted molar refractivity (Wildman–Crippen MR) is 81.3 cm³/mol. The van der Waals surface area contributed by atoms with Gasteiger partial charge in [-0.3, -0.25) is 4.79 Å². The number of nitrogens with zero attached hydrogens (tertiary/aromatic N) is 2. The average Bonchev–Trinajstić information content (AvgIpc) is 3.24. The minimum atomic E-state index is -0.0400. The van der Waals surface area contributed by atoms with Crippen LogP contribution in [0.5, 0.6) is 0 Å². The van der Waals surface area contributed by atoms with Gasteiger partial charge in [-0.1, -0.05) is 12.1 Å². The molecule has 1 aliphatic heterocycles. The van der Waals surface area contributed by atoms with Crippen LogP contribution in [0, 0.1) is 0 Å². The monoisotopic (exact) mass is 298 g/mol. The molecule has 0 radical (unpaired) electrons. The third kappa shape index (κ3) is 2.14. The van der Waals surface area contributed by atoms with Crippen LogP contribution in [0.2, 0.25) is 0 Å². The second kappa shape index (κ2) is 5.00. The van der Waals surface area contributed by atoms with Crippen molar-refractivity contribution in [2.75, 3.05) is 6.54 Å². The standard InChI is InChI=1S/C16H14N2O2S/c19-16(13-7-4-10-20-13)18-9-3-6-12(18)15-17-11-5-1-2-8-14(11)21-15/h1-2,4-5,7-8,10,12H,3,6,9H2. The van der Waals surface area contributed by atoms with Gasteiger partial charge in [-0.25, -0.2) is 4.98 Å². The molecule has 0 N–H and O–H groups in total. The molecule has 0 saturated carbocycles. The highest BCUT2D eigenvalue weighted by molar-refractivity contribution is 7.18. The van der Waals surface area contributed by atoms with Crippen molar-refractivity contribution in [1.29, 1.82) is 0 Å². The van der Waals surface area contributed by atoms with E-state index in [9.17, 15) is 4.79 Å². The molecule has 4 nitrogen and oxygen atoms in total. The minimum Gasteiger partial charge on any atom is -0.459 e. The van der Waals surface area contributed by atoms with Gasteiger partial charge in [-0.15, -0.1) is 11.3 Å². The number of hydrogen-bond donors (Lipinski definition) is 0. The Balaban J connectivity index is 1.68. The molecule has 1 fully saturated rings. The molecule has 0 spiro atoms. The number of furan rings is 1. The van der Waals surface area contributed by atoms with E-state index in [4.69, 9.17) is 9.40 Å². The number of amides is 1. The van der Waals surface area contributed by atoms with Gasteiger partial charge >= 0.3 is 0 Å². The molecule has 0 bridgehead atoms. The molecule has 3 heterocycles. The zero-order valence-electron chi connectivity index (χ0n) is 11.4. The summed E-state index contributed by atoms with van der Waals surface area (Å²) in [7, 11) is 0. The molecular formula is C16H14N2O2S. The summed E-state index contributed by atoms with van der Waals surface area (Å²) in [6.07, 6.45) is 3.51. The SMILES string of the molecule is O=C(c1ccco1)N1CCCC1c1nc2ccccc2s1. The van der Waals surface area contributed by atoms with E-state index < -0.39 is 0 Å². The van der Waals surface area contributed by atoms with Crippen LogP contribution in [0.4, 0.5) is 0 Å². The van der Waals surface area contributed by atoms with E-state index in [1.165, 1.54) is 11.0 Å². The molecule has 2 aromatic heterocycles. The number of aromatic nitrogens is 1. The largest absolute Gasteiger partial charge is 0.459 e. The third-order valence-corrected chi connectivity index (χ3v) is 4.98. The molecule has 4 rings (SSSR count). The number of thiazole rings is 1. The molecule has 1 saturated heterocycles. The van der Waals surface area contributed by atoms with E-state index in [-0.39, 0.29) is 11.9 Å². The van der Waals surface area contributed by atoms with Gasteiger partial charge in [0.25, 0.3) is 5.91 Å². The molecule has 3 aromatic rings. The summed E-state index contributed by atoms with van der Waals surface area (Å²) in [4.78, 5) is 19.1. The molecule has 21 heavy (non-hydrogen) atoms. The van der Waals surface area contributed by atoms with Crippen molar-refractivity contribution in [1.82, 2.24) is 9.88 Å². The van der Waals surface area contributed by atoms with Crippen molar-refractivity contribution in [2.45, 2.75) is 18.9 Å². The number of benzene rings is 1. The topological polar surface area (TPSA) is 46.3 Å². The fraction of sp³-hybridized carbons (Fsp3) is 0.250. The second-order valence-corrected chi connectivity index (χ2v) is 6.22. The lowest BCUT2D eigenvalue weighted by molar-refractivity contribution is 0.0703. The smallest absolute Gasteiger partial charge is 0.290 e. The van der Waals surface area contributed by atoms with Crippen LogP contribution in [0.3, 0.4) is 0 Å². The number of carbonyl (C=O) groups excluding carboxylic acids is 1. The van der Waals surface area contributed by atoms with E-state index >= 15 is 0 Å². The average molecular weight is 298 g/mol.